The fourth-order valence-electron chi connectivity index (χ4n) is 4.72. The van der Waals surface area contributed by atoms with Gasteiger partial charge in [-0.05, 0) is 54.7 Å². The van der Waals surface area contributed by atoms with Crippen molar-refractivity contribution in [3.05, 3.63) is 34.9 Å². The number of hydrogen-bond acceptors (Lipinski definition) is 3. The monoisotopic (exact) mass is 348 g/mol. The van der Waals surface area contributed by atoms with Gasteiger partial charge in [0.1, 0.15) is 0 Å². The molecular formula is C20H29ClN2O. The number of benzene rings is 1. The van der Waals surface area contributed by atoms with Gasteiger partial charge in [-0.2, -0.15) is 0 Å². The van der Waals surface area contributed by atoms with Gasteiger partial charge in [0, 0.05) is 29.7 Å². The molecule has 1 aliphatic heterocycles. The molecule has 24 heavy (non-hydrogen) atoms. The van der Waals surface area contributed by atoms with Gasteiger partial charge in [0.25, 0.3) is 0 Å². The zero-order chi connectivity index (χ0) is 16.5. The van der Waals surface area contributed by atoms with E-state index in [1.807, 2.05) is 12.1 Å². The minimum atomic E-state index is 0.465. The molecule has 0 amide bonds. The summed E-state index contributed by atoms with van der Waals surface area (Å²) in [5.74, 6) is 2.28. The average molecular weight is 349 g/mol. The lowest BCUT2D eigenvalue weighted by molar-refractivity contribution is 0.0513. The smallest absolute Gasteiger partial charge is 0.0623 e. The van der Waals surface area contributed by atoms with Crippen molar-refractivity contribution in [2.24, 2.45) is 17.8 Å². The van der Waals surface area contributed by atoms with Gasteiger partial charge in [-0.3, -0.25) is 0 Å². The standard InChI is InChI=1S/C20H29ClN2O/c1-13-11-17(13)20(14-5-7-15(21)8-6-14)23-18-4-2-3-16(18)19-12-24-10-9-22-19/h5-8,13,16-20,22-23H,2-4,9-12H2,1H3. The summed E-state index contributed by atoms with van der Waals surface area (Å²) in [7, 11) is 0. The molecule has 2 N–H and O–H groups in total. The van der Waals surface area contributed by atoms with Crippen LogP contribution in [-0.4, -0.2) is 31.8 Å². The second-order valence-corrected chi connectivity index (χ2v) is 8.35. The highest BCUT2D eigenvalue weighted by Crippen LogP contribution is 2.48. The molecule has 1 aromatic carbocycles. The van der Waals surface area contributed by atoms with Crippen LogP contribution in [-0.2, 0) is 4.74 Å². The van der Waals surface area contributed by atoms with E-state index in [0.717, 1.165) is 36.6 Å². The Hall–Kier alpha value is -0.610. The molecule has 1 heterocycles. The molecule has 132 valence electrons. The second-order valence-electron chi connectivity index (χ2n) is 7.91. The first-order valence-corrected chi connectivity index (χ1v) is 9.93. The van der Waals surface area contributed by atoms with Crippen LogP contribution in [0.25, 0.3) is 0 Å². The number of halogens is 1. The zero-order valence-corrected chi connectivity index (χ0v) is 15.3. The molecule has 6 atom stereocenters. The SMILES string of the molecule is CC1CC1C(NC1CCCC1C1COCCN1)c1ccc(Cl)cc1. The summed E-state index contributed by atoms with van der Waals surface area (Å²) in [4.78, 5) is 0. The Morgan fingerprint density at radius 1 is 1.25 bits per heavy atom. The van der Waals surface area contributed by atoms with Gasteiger partial charge in [0.2, 0.25) is 0 Å². The quantitative estimate of drug-likeness (QED) is 0.849. The Morgan fingerprint density at radius 3 is 2.71 bits per heavy atom. The lowest BCUT2D eigenvalue weighted by Crippen LogP contribution is -2.51. The number of rotatable bonds is 5. The molecule has 1 aromatic rings. The molecule has 3 aliphatic rings. The van der Waals surface area contributed by atoms with E-state index in [1.165, 1.54) is 31.2 Å². The molecule has 3 fully saturated rings. The van der Waals surface area contributed by atoms with E-state index in [9.17, 15) is 0 Å². The maximum absolute atomic E-state index is 6.09. The van der Waals surface area contributed by atoms with Crippen molar-refractivity contribution in [2.45, 2.75) is 50.7 Å². The van der Waals surface area contributed by atoms with Crippen LogP contribution in [0, 0.1) is 17.8 Å². The average Bonchev–Trinajstić information content (AvgIpc) is 3.15. The summed E-state index contributed by atoms with van der Waals surface area (Å²) in [5, 5.41) is 8.56. The molecule has 0 aromatic heterocycles. The van der Waals surface area contributed by atoms with Gasteiger partial charge in [-0.25, -0.2) is 0 Å². The third-order valence-electron chi connectivity index (χ3n) is 6.26. The molecule has 0 spiro atoms. The maximum Gasteiger partial charge on any atom is 0.0623 e. The molecule has 4 rings (SSSR count). The van der Waals surface area contributed by atoms with Crippen molar-refractivity contribution in [2.75, 3.05) is 19.8 Å². The van der Waals surface area contributed by atoms with E-state index in [-0.39, 0.29) is 0 Å². The maximum atomic E-state index is 6.09. The normalized spacial score (nSPS) is 37.3. The van der Waals surface area contributed by atoms with Crippen LogP contribution in [0.1, 0.15) is 44.2 Å². The molecular weight excluding hydrogens is 320 g/mol. The van der Waals surface area contributed by atoms with E-state index in [1.54, 1.807) is 0 Å². The summed E-state index contributed by atoms with van der Waals surface area (Å²) in [6, 6.07) is 10.0. The number of ether oxygens (including phenoxy) is 1. The van der Waals surface area contributed by atoms with E-state index in [2.05, 4.69) is 29.7 Å². The first kappa shape index (κ1) is 16.8. The van der Waals surface area contributed by atoms with Crippen molar-refractivity contribution >= 4 is 11.6 Å². The topological polar surface area (TPSA) is 33.3 Å². The molecule has 3 nitrogen and oxygen atoms in total. The second kappa shape index (κ2) is 7.33. The van der Waals surface area contributed by atoms with Crippen LogP contribution in [0.15, 0.2) is 24.3 Å². The highest BCUT2D eigenvalue weighted by molar-refractivity contribution is 6.30. The van der Waals surface area contributed by atoms with Gasteiger partial charge in [-0.15, -0.1) is 0 Å². The van der Waals surface area contributed by atoms with Gasteiger partial charge in [0.05, 0.1) is 13.2 Å². The Balaban J connectivity index is 1.48. The third-order valence-corrected chi connectivity index (χ3v) is 6.51. The molecule has 0 radical (unpaired) electrons. The molecule has 6 unspecified atom stereocenters. The number of nitrogens with one attached hydrogen (secondary N) is 2. The van der Waals surface area contributed by atoms with Crippen molar-refractivity contribution in [3.63, 3.8) is 0 Å². The van der Waals surface area contributed by atoms with Gasteiger partial charge < -0.3 is 15.4 Å². The van der Waals surface area contributed by atoms with Crippen LogP contribution in [0.2, 0.25) is 5.02 Å². The molecule has 2 aliphatic carbocycles. The predicted molar refractivity (Wildman–Crippen MR) is 98.3 cm³/mol. The Kier molecular flexibility index (Phi) is 5.14. The van der Waals surface area contributed by atoms with Gasteiger partial charge in [-0.1, -0.05) is 37.1 Å². The van der Waals surface area contributed by atoms with Crippen LogP contribution >= 0.6 is 11.6 Å². The van der Waals surface area contributed by atoms with Crippen LogP contribution in [0.5, 0.6) is 0 Å². The summed E-state index contributed by atoms with van der Waals surface area (Å²) in [6.07, 6.45) is 5.26. The molecule has 0 bridgehead atoms. The summed E-state index contributed by atoms with van der Waals surface area (Å²) < 4.78 is 5.72. The minimum absolute atomic E-state index is 0.465. The molecule has 4 heteroatoms. The van der Waals surface area contributed by atoms with Crippen molar-refractivity contribution in [1.82, 2.24) is 10.6 Å². The van der Waals surface area contributed by atoms with E-state index < -0.39 is 0 Å². The summed E-state index contributed by atoms with van der Waals surface area (Å²) in [6.45, 7) is 5.09. The van der Waals surface area contributed by atoms with Crippen molar-refractivity contribution < 1.29 is 4.74 Å². The van der Waals surface area contributed by atoms with E-state index in [4.69, 9.17) is 16.3 Å². The lowest BCUT2D eigenvalue weighted by Gasteiger charge is -2.35. The van der Waals surface area contributed by atoms with E-state index >= 15 is 0 Å². The minimum Gasteiger partial charge on any atom is -0.379 e. The van der Waals surface area contributed by atoms with E-state index in [0.29, 0.717) is 24.0 Å². The lowest BCUT2D eigenvalue weighted by atomic mass is 9.91. The Bertz CT molecular complexity index is 543. The summed E-state index contributed by atoms with van der Waals surface area (Å²) >= 11 is 6.09. The van der Waals surface area contributed by atoms with Gasteiger partial charge >= 0.3 is 0 Å². The highest BCUT2D eigenvalue weighted by Gasteiger charge is 2.43. The number of morpholine rings is 1. The number of hydrogen-bond donors (Lipinski definition) is 2. The summed E-state index contributed by atoms with van der Waals surface area (Å²) in [5.41, 5.74) is 1.40. The first-order valence-electron chi connectivity index (χ1n) is 9.55. The molecule has 1 saturated heterocycles. The van der Waals surface area contributed by atoms with Crippen molar-refractivity contribution in [3.8, 4) is 0 Å². The van der Waals surface area contributed by atoms with Crippen molar-refractivity contribution in [1.29, 1.82) is 0 Å². The van der Waals surface area contributed by atoms with Crippen LogP contribution in [0.4, 0.5) is 0 Å². The Labute approximate surface area is 150 Å². The van der Waals surface area contributed by atoms with Crippen LogP contribution < -0.4 is 10.6 Å². The predicted octanol–water partition coefficient (Wildman–Crippen LogP) is 3.78. The van der Waals surface area contributed by atoms with Gasteiger partial charge in [0.15, 0.2) is 0 Å². The van der Waals surface area contributed by atoms with Crippen LogP contribution in [0.3, 0.4) is 0 Å². The Morgan fingerprint density at radius 2 is 2.04 bits per heavy atom. The highest BCUT2D eigenvalue weighted by atomic mass is 35.5. The zero-order valence-electron chi connectivity index (χ0n) is 14.5. The fourth-order valence-corrected chi connectivity index (χ4v) is 4.85. The fraction of sp³-hybridized carbons (Fsp3) is 0.700. The molecule has 2 saturated carbocycles. The largest absolute Gasteiger partial charge is 0.379 e. The first-order chi connectivity index (χ1) is 11.7. The third kappa shape index (κ3) is 3.65.